The van der Waals surface area contributed by atoms with Gasteiger partial charge in [-0.25, -0.2) is 9.18 Å². The summed E-state index contributed by atoms with van der Waals surface area (Å²) in [5, 5.41) is 0.0133. The number of halogens is 2. The fraction of sp³-hybridized carbons (Fsp3) is 0.222. The van der Waals surface area contributed by atoms with Crippen LogP contribution < -0.4 is 5.73 Å². The Morgan fingerprint density at radius 3 is 2.79 bits per heavy atom. The average Bonchev–Trinajstić information content (AvgIpc) is 2.18. The second kappa shape index (κ2) is 4.39. The highest BCUT2D eigenvalue weighted by atomic mass is 35.5. The first kappa shape index (κ1) is 10.9. The Morgan fingerprint density at radius 2 is 2.29 bits per heavy atom. The highest BCUT2D eigenvalue weighted by molar-refractivity contribution is 6.34. The number of esters is 1. The van der Waals surface area contributed by atoms with Crippen LogP contribution in [-0.2, 0) is 11.3 Å². The summed E-state index contributed by atoms with van der Waals surface area (Å²) in [6, 6.07) is 2.41. The molecule has 0 atom stereocenters. The van der Waals surface area contributed by atoms with E-state index in [2.05, 4.69) is 4.74 Å². The van der Waals surface area contributed by atoms with Crippen LogP contribution in [0.5, 0.6) is 0 Å². The van der Waals surface area contributed by atoms with Crippen molar-refractivity contribution in [1.29, 1.82) is 0 Å². The lowest BCUT2D eigenvalue weighted by atomic mass is 10.1. The molecule has 1 aromatic carbocycles. The summed E-state index contributed by atoms with van der Waals surface area (Å²) < 4.78 is 17.6. The summed E-state index contributed by atoms with van der Waals surface area (Å²) in [6.45, 7) is -0.0600. The van der Waals surface area contributed by atoms with Crippen LogP contribution in [0.15, 0.2) is 12.1 Å². The van der Waals surface area contributed by atoms with Crippen LogP contribution in [0.4, 0.5) is 4.39 Å². The van der Waals surface area contributed by atoms with Crippen LogP contribution in [0, 0.1) is 5.82 Å². The van der Waals surface area contributed by atoms with Gasteiger partial charge in [-0.15, -0.1) is 0 Å². The maximum Gasteiger partial charge on any atom is 0.339 e. The predicted octanol–water partition coefficient (Wildman–Crippen LogP) is 1.72. The van der Waals surface area contributed by atoms with Gasteiger partial charge in [0, 0.05) is 12.1 Å². The van der Waals surface area contributed by atoms with Gasteiger partial charge in [-0.05, 0) is 12.1 Å². The Hall–Kier alpha value is -1.13. The van der Waals surface area contributed by atoms with Gasteiger partial charge in [0.2, 0.25) is 0 Å². The van der Waals surface area contributed by atoms with E-state index in [0.717, 1.165) is 6.07 Å². The smallest absolute Gasteiger partial charge is 0.339 e. The summed E-state index contributed by atoms with van der Waals surface area (Å²) in [6.07, 6.45) is 0. The third-order valence-corrected chi connectivity index (χ3v) is 2.23. The first-order chi connectivity index (χ1) is 6.61. The van der Waals surface area contributed by atoms with Crippen molar-refractivity contribution < 1.29 is 13.9 Å². The van der Waals surface area contributed by atoms with Gasteiger partial charge in [0.15, 0.2) is 0 Å². The molecule has 0 aliphatic rings. The van der Waals surface area contributed by atoms with Crippen LogP contribution in [0.3, 0.4) is 0 Å². The zero-order valence-corrected chi connectivity index (χ0v) is 8.27. The van der Waals surface area contributed by atoms with Gasteiger partial charge in [0.1, 0.15) is 5.82 Å². The maximum atomic E-state index is 13.1. The molecule has 2 N–H and O–H groups in total. The Labute approximate surface area is 85.6 Å². The first-order valence-corrected chi connectivity index (χ1v) is 4.24. The van der Waals surface area contributed by atoms with E-state index in [-0.39, 0.29) is 22.7 Å². The van der Waals surface area contributed by atoms with Gasteiger partial charge < -0.3 is 10.5 Å². The van der Waals surface area contributed by atoms with Crippen molar-refractivity contribution in [2.24, 2.45) is 5.73 Å². The molecule has 5 heteroatoms. The van der Waals surface area contributed by atoms with Crippen LogP contribution in [-0.4, -0.2) is 13.1 Å². The third kappa shape index (κ3) is 1.86. The van der Waals surface area contributed by atoms with Crippen molar-refractivity contribution in [3.8, 4) is 0 Å². The Morgan fingerprint density at radius 1 is 1.64 bits per heavy atom. The number of methoxy groups -OCH3 is 1. The maximum absolute atomic E-state index is 13.1. The van der Waals surface area contributed by atoms with Crippen LogP contribution in [0.2, 0.25) is 5.02 Å². The fourth-order valence-corrected chi connectivity index (χ4v) is 1.36. The summed E-state index contributed by atoms with van der Waals surface area (Å²) in [7, 11) is 1.23. The third-order valence-electron chi connectivity index (χ3n) is 1.80. The molecule has 14 heavy (non-hydrogen) atoms. The topological polar surface area (TPSA) is 52.3 Å². The van der Waals surface area contributed by atoms with E-state index in [1.54, 1.807) is 0 Å². The second-order valence-corrected chi connectivity index (χ2v) is 2.96. The molecule has 0 unspecified atom stereocenters. The monoisotopic (exact) mass is 217 g/mol. The molecule has 0 radical (unpaired) electrons. The Kier molecular flexibility index (Phi) is 3.43. The molecule has 0 saturated carbocycles. The minimum Gasteiger partial charge on any atom is -0.465 e. The summed E-state index contributed by atoms with van der Waals surface area (Å²) >= 11 is 5.77. The standard InChI is InChI=1S/C9H9ClFNO2/c1-14-9(13)5-2-3-7(11)6(4-12)8(5)10/h2-3H,4,12H2,1H3. The molecule has 0 aliphatic heterocycles. The summed E-state index contributed by atoms with van der Waals surface area (Å²) in [5.41, 5.74) is 5.53. The van der Waals surface area contributed by atoms with Crippen LogP contribution in [0.1, 0.15) is 15.9 Å². The molecule has 0 saturated heterocycles. The SMILES string of the molecule is COC(=O)c1ccc(F)c(CN)c1Cl. The largest absolute Gasteiger partial charge is 0.465 e. The highest BCUT2D eigenvalue weighted by Crippen LogP contribution is 2.24. The highest BCUT2D eigenvalue weighted by Gasteiger charge is 2.16. The molecule has 0 amide bonds. The quantitative estimate of drug-likeness (QED) is 0.768. The minimum atomic E-state index is -0.607. The van der Waals surface area contributed by atoms with Gasteiger partial charge in [0.25, 0.3) is 0 Å². The van der Waals surface area contributed by atoms with E-state index >= 15 is 0 Å². The zero-order chi connectivity index (χ0) is 10.7. The van der Waals surface area contributed by atoms with Gasteiger partial charge in [0.05, 0.1) is 17.7 Å². The number of carbonyl (C=O) groups is 1. The lowest BCUT2D eigenvalue weighted by Crippen LogP contribution is -2.07. The molecule has 0 bridgehead atoms. The lowest BCUT2D eigenvalue weighted by molar-refractivity contribution is 0.0601. The van der Waals surface area contributed by atoms with E-state index < -0.39 is 11.8 Å². The molecule has 3 nitrogen and oxygen atoms in total. The van der Waals surface area contributed by atoms with Crippen molar-refractivity contribution in [1.82, 2.24) is 0 Å². The minimum absolute atomic E-state index is 0.0133. The van der Waals surface area contributed by atoms with E-state index in [1.807, 2.05) is 0 Å². The Balaban J connectivity index is 3.28. The molecule has 0 heterocycles. The predicted molar refractivity (Wildman–Crippen MR) is 50.6 cm³/mol. The first-order valence-electron chi connectivity index (χ1n) is 3.87. The number of hydrogen-bond acceptors (Lipinski definition) is 3. The van der Waals surface area contributed by atoms with Crippen molar-refractivity contribution in [3.05, 3.63) is 34.1 Å². The van der Waals surface area contributed by atoms with Gasteiger partial charge >= 0.3 is 5.97 Å². The molecule has 0 fully saturated rings. The van der Waals surface area contributed by atoms with E-state index in [0.29, 0.717) is 0 Å². The van der Waals surface area contributed by atoms with E-state index in [9.17, 15) is 9.18 Å². The van der Waals surface area contributed by atoms with E-state index in [1.165, 1.54) is 13.2 Å². The molecule has 0 aliphatic carbocycles. The van der Waals surface area contributed by atoms with Crippen LogP contribution >= 0.6 is 11.6 Å². The van der Waals surface area contributed by atoms with E-state index in [4.69, 9.17) is 17.3 Å². The number of benzene rings is 1. The molecule has 76 valence electrons. The molecule has 1 rings (SSSR count). The van der Waals surface area contributed by atoms with Gasteiger partial charge in [-0.1, -0.05) is 11.6 Å². The average molecular weight is 218 g/mol. The second-order valence-electron chi connectivity index (χ2n) is 2.58. The molecule has 0 aromatic heterocycles. The number of ether oxygens (including phenoxy) is 1. The fourth-order valence-electron chi connectivity index (χ4n) is 1.05. The number of hydrogen-bond donors (Lipinski definition) is 1. The molecule has 1 aromatic rings. The molecular formula is C9H9ClFNO2. The number of nitrogens with two attached hydrogens (primary N) is 1. The Bertz CT molecular complexity index is 368. The summed E-state index contributed by atoms with van der Waals surface area (Å²) in [5.74, 6) is -1.13. The van der Waals surface area contributed by atoms with Crippen molar-refractivity contribution in [2.75, 3.05) is 7.11 Å². The lowest BCUT2D eigenvalue weighted by Gasteiger charge is -2.07. The molecular weight excluding hydrogens is 209 g/mol. The van der Waals surface area contributed by atoms with Crippen molar-refractivity contribution >= 4 is 17.6 Å². The van der Waals surface area contributed by atoms with Crippen molar-refractivity contribution in [2.45, 2.75) is 6.54 Å². The zero-order valence-electron chi connectivity index (χ0n) is 7.51. The van der Waals surface area contributed by atoms with Gasteiger partial charge in [-0.2, -0.15) is 0 Å². The van der Waals surface area contributed by atoms with Gasteiger partial charge in [-0.3, -0.25) is 0 Å². The number of rotatable bonds is 2. The van der Waals surface area contributed by atoms with Crippen molar-refractivity contribution in [3.63, 3.8) is 0 Å². The summed E-state index contributed by atoms with van der Waals surface area (Å²) in [4.78, 5) is 11.1. The normalized spacial score (nSPS) is 10.0. The molecule has 0 spiro atoms. The van der Waals surface area contributed by atoms with Crippen LogP contribution in [0.25, 0.3) is 0 Å². The number of carbonyl (C=O) groups excluding carboxylic acids is 1.